The molecule has 10 heteroatoms. The molecule has 1 N–H and O–H groups in total. The largest absolute Gasteiger partial charge is 0.381 e. The van der Waals surface area contributed by atoms with E-state index < -0.39 is 11.0 Å². The number of carbonyl (C=O) groups is 1. The molecule has 178 valence electrons. The molecule has 2 saturated carbocycles. The first-order valence-electron chi connectivity index (χ1n) is 11.0. The van der Waals surface area contributed by atoms with Crippen molar-refractivity contribution in [1.29, 1.82) is 0 Å². The standard InChI is InChI=1S/C8H10ClNO2S2.C5H10N2O.C4H8O.C4H8/c9-7-1-2-8(13-7)14(11)10-3-5-12-6-4-10;8-5-7-3-1-6-2-4-7;1-5-4-2-3-4;1-4-2-3-4/h1-2H,3-6H2;5-6H,1-4H2;4H,2-3H2,1H3;4H,2-3H2,1H3. The molecule has 2 aliphatic carbocycles. The molecule has 0 aromatic carbocycles. The average molecular weight is 494 g/mol. The number of piperazine rings is 1. The van der Waals surface area contributed by atoms with E-state index in [1.54, 1.807) is 18.1 Å². The molecular formula is C21H36ClN3O4S2. The number of nitrogens with zero attached hydrogens (tertiary/aromatic N) is 2. The summed E-state index contributed by atoms with van der Waals surface area (Å²) in [6.45, 7) is 8.66. The van der Waals surface area contributed by atoms with Crippen molar-refractivity contribution < 1.29 is 18.5 Å². The maximum atomic E-state index is 11.9. The third-order valence-electron chi connectivity index (χ3n) is 4.95. The third kappa shape index (κ3) is 12.3. The van der Waals surface area contributed by atoms with Crippen molar-refractivity contribution >= 4 is 40.3 Å². The lowest BCUT2D eigenvalue weighted by Crippen LogP contribution is -2.42. The highest BCUT2D eigenvalue weighted by molar-refractivity contribution is 7.85. The van der Waals surface area contributed by atoms with Crippen LogP contribution in [0.4, 0.5) is 0 Å². The number of hydrogen-bond donors (Lipinski definition) is 1. The second kappa shape index (κ2) is 15.3. The SMILES string of the molecule is CC1CC1.COC1CC1.O=CN1CCNCC1.O=S(c1ccc(Cl)s1)N1CCOCC1. The minimum absolute atomic E-state index is 0.634. The summed E-state index contributed by atoms with van der Waals surface area (Å²) in [5.74, 6) is 1.08. The van der Waals surface area contributed by atoms with Crippen LogP contribution < -0.4 is 5.32 Å². The van der Waals surface area contributed by atoms with Gasteiger partial charge in [-0.15, -0.1) is 11.3 Å². The summed E-state index contributed by atoms with van der Waals surface area (Å²) in [6, 6.07) is 3.60. The van der Waals surface area contributed by atoms with Gasteiger partial charge in [0.1, 0.15) is 15.2 Å². The number of carbonyl (C=O) groups excluding carboxylic acids is 1. The molecule has 0 bridgehead atoms. The fourth-order valence-corrected chi connectivity index (χ4v) is 5.19. The van der Waals surface area contributed by atoms with Gasteiger partial charge in [0, 0.05) is 46.4 Å². The molecule has 2 aliphatic heterocycles. The molecule has 7 nitrogen and oxygen atoms in total. The van der Waals surface area contributed by atoms with E-state index in [-0.39, 0.29) is 0 Å². The summed E-state index contributed by atoms with van der Waals surface area (Å²) in [5, 5.41) is 3.15. The number of rotatable bonds is 4. The van der Waals surface area contributed by atoms with Crippen LogP contribution in [0.15, 0.2) is 16.3 Å². The third-order valence-corrected chi connectivity index (χ3v) is 7.97. The van der Waals surface area contributed by atoms with Crippen LogP contribution in [-0.2, 0) is 25.3 Å². The van der Waals surface area contributed by atoms with Gasteiger partial charge in [-0.1, -0.05) is 31.4 Å². The summed E-state index contributed by atoms with van der Waals surface area (Å²) < 4.78 is 25.4. The Balaban J connectivity index is 0.000000168. The number of nitrogens with one attached hydrogen (secondary N) is 1. The van der Waals surface area contributed by atoms with Crippen molar-refractivity contribution in [2.24, 2.45) is 5.92 Å². The van der Waals surface area contributed by atoms with Gasteiger partial charge < -0.3 is 19.7 Å². The van der Waals surface area contributed by atoms with Gasteiger partial charge in [-0.3, -0.25) is 4.79 Å². The van der Waals surface area contributed by atoms with E-state index in [0.29, 0.717) is 23.7 Å². The Morgan fingerprint density at radius 3 is 2.13 bits per heavy atom. The molecular weight excluding hydrogens is 458 g/mol. The minimum Gasteiger partial charge on any atom is -0.381 e. The molecule has 31 heavy (non-hydrogen) atoms. The highest BCUT2D eigenvalue weighted by Crippen LogP contribution is 2.27. The maximum Gasteiger partial charge on any atom is 0.209 e. The van der Waals surface area contributed by atoms with Crippen molar-refractivity contribution in [3.05, 3.63) is 16.5 Å². The number of amides is 1. The minimum atomic E-state index is -1.06. The Hall–Kier alpha value is -0.550. The van der Waals surface area contributed by atoms with Gasteiger partial charge in [-0.05, 0) is 30.9 Å². The number of hydrogen-bond acceptors (Lipinski definition) is 6. The predicted octanol–water partition coefficient (Wildman–Crippen LogP) is 3.02. The summed E-state index contributed by atoms with van der Waals surface area (Å²) in [4.78, 5) is 11.8. The highest BCUT2D eigenvalue weighted by atomic mass is 35.5. The normalized spacial score (nSPS) is 22.0. The second-order valence-corrected chi connectivity index (χ2v) is 11.3. The Morgan fingerprint density at radius 1 is 1.16 bits per heavy atom. The summed E-state index contributed by atoms with van der Waals surface area (Å²) in [5.41, 5.74) is 0. The first-order valence-corrected chi connectivity index (χ1v) is 13.3. The van der Waals surface area contributed by atoms with Crippen LogP contribution in [0, 0.1) is 5.92 Å². The zero-order valence-corrected chi connectivity index (χ0v) is 21.0. The molecule has 1 amide bonds. The molecule has 1 unspecified atom stereocenters. The average Bonchev–Trinajstić information content (AvgIpc) is 3.76. The molecule has 4 aliphatic rings. The number of methoxy groups -OCH3 is 1. The van der Waals surface area contributed by atoms with Gasteiger partial charge in [0.05, 0.1) is 23.7 Å². The van der Waals surface area contributed by atoms with Crippen LogP contribution in [-0.4, -0.2) is 85.5 Å². The zero-order valence-electron chi connectivity index (χ0n) is 18.6. The number of morpholine rings is 1. The lowest BCUT2D eigenvalue weighted by molar-refractivity contribution is -0.118. The molecule has 5 rings (SSSR count). The van der Waals surface area contributed by atoms with Crippen LogP contribution >= 0.6 is 22.9 Å². The van der Waals surface area contributed by atoms with Gasteiger partial charge in [-0.25, -0.2) is 8.51 Å². The Labute approximate surface area is 198 Å². The first-order chi connectivity index (χ1) is 15.0. The first kappa shape index (κ1) is 26.7. The number of thiophene rings is 1. The summed E-state index contributed by atoms with van der Waals surface area (Å²) in [7, 11) is 0.700. The van der Waals surface area contributed by atoms with Crippen LogP contribution in [0.3, 0.4) is 0 Å². The van der Waals surface area contributed by atoms with Crippen molar-refractivity contribution in [1.82, 2.24) is 14.5 Å². The molecule has 4 fully saturated rings. The van der Waals surface area contributed by atoms with Crippen molar-refractivity contribution in [2.75, 3.05) is 59.6 Å². The van der Waals surface area contributed by atoms with E-state index in [1.807, 2.05) is 10.4 Å². The summed E-state index contributed by atoms with van der Waals surface area (Å²) >= 11 is 7.16. The predicted molar refractivity (Wildman–Crippen MR) is 127 cm³/mol. The van der Waals surface area contributed by atoms with Crippen LogP contribution in [0.1, 0.15) is 32.6 Å². The molecule has 2 saturated heterocycles. The van der Waals surface area contributed by atoms with Crippen LogP contribution in [0.5, 0.6) is 0 Å². The molecule has 1 atom stereocenters. The zero-order chi connectivity index (χ0) is 22.5. The lowest BCUT2D eigenvalue weighted by Gasteiger charge is -2.24. The maximum absolute atomic E-state index is 11.9. The lowest BCUT2D eigenvalue weighted by atomic mass is 10.4. The Kier molecular flexibility index (Phi) is 13.2. The van der Waals surface area contributed by atoms with Gasteiger partial charge in [0.25, 0.3) is 0 Å². The summed E-state index contributed by atoms with van der Waals surface area (Å²) in [6.07, 6.45) is 7.09. The van der Waals surface area contributed by atoms with Crippen LogP contribution in [0.2, 0.25) is 4.34 Å². The van der Waals surface area contributed by atoms with Gasteiger partial charge in [0.2, 0.25) is 6.41 Å². The van der Waals surface area contributed by atoms with Gasteiger partial charge >= 0.3 is 0 Å². The fraction of sp³-hybridized carbons (Fsp3) is 0.762. The highest BCUT2D eigenvalue weighted by Gasteiger charge is 2.20. The molecule has 0 spiro atoms. The number of halogens is 1. The van der Waals surface area contributed by atoms with E-state index in [9.17, 15) is 9.00 Å². The van der Waals surface area contributed by atoms with Crippen molar-refractivity contribution in [3.63, 3.8) is 0 Å². The van der Waals surface area contributed by atoms with E-state index in [0.717, 1.165) is 55.8 Å². The second-order valence-electron chi connectivity index (χ2n) is 7.86. The van der Waals surface area contributed by atoms with E-state index in [4.69, 9.17) is 21.1 Å². The fourth-order valence-electron chi connectivity index (χ4n) is 2.49. The monoisotopic (exact) mass is 493 g/mol. The van der Waals surface area contributed by atoms with Crippen molar-refractivity contribution in [3.8, 4) is 0 Å². The van der Waals surface area contributed by atoms with Gasteiger partial charge in [0.15, 0.2) is 0 Å². The van der Waals surface area contributed by atoms with Crippen molar-refractivity contribution in [2.45, 2.75) is 42.9 Å². The van der Waals surface area contributed by atoms with E-state index >= 15 is 0 Å². The molecule has 0 radical (unpaired) electrons. The number of ether oxygens (including phenoxy) is 2. The molecule has 3 heterocycles. The smallest absolute Gasteiger partial charge is 0.209 e. The van der Waals surface area contributed by atoms with Gasteiger partial charge in [-0.2, -0.15) is 0 Å². The molecule has 1 aromatic rings. The quantitative estimate of drug-likeness (QED) is 0.653. The van der Waals surface area contributed by atoms with Crippen LogP contribution in [0.25, 0.3) is 0 Å². The topological polar surface area (TPSA) is 71.1 Å². The Morgan fingerprint density at radius 2 is 1.77 bits per heavy atom. The van der Waals surface area contributed by atoms with E-state index in [1.165, 1.54) is 37.0 Å². The molecule has 1 aromatic heterocycles. The Bertz CT molecular complexity index is 644. The van der Waals surface area contributed by atoms with E-state index in [2.05, 4.69) is 12.2 Å².